The normalized spacial score (nSPS) is 12.0. The Bertz CT molecular complexity index is 1120. The second-order valence-electron chi connectivity index (χ2n) is 6.67. The predicted octanol–water partition coefficient (Wildman–Crippen LogP) is 3.21. The SMILES string of the molecule is NC(=O)[C@@H](Cc1c2ccccc2cc2ccccc12)NC(=O)c1ccncc1. The molecule has 0 aliphatic heterocycles. The average molecular weight is 369 g/mol. The van der Waals surface area contributed by atoms with Crippen molar-refractivity contribution in [1.29, 1.82) is 0 Å². The third-order valence-electron chi connectivity index (χ3n) is 4.88. The first-order valence-corrected chi connectivity index (χ1v) is 9.03. The molecule has 5 nitrogen and oxygen atoms in total. The number of primary amides is 1. The first-order chi connectivity index (χ1) is 13.6. The first kappa shape index (κ1) is 17.7. The van der Waals surface area contributed by atoms with Gasteiger partial charge in [-0.2, -0.15) is 0 Å². The zero-order chi connectivity index (χ0) is 19.5. The summed E-state index contributed by atoms with van der Waals surface area (Å²) in [6.45, 7) is 0. The second kappa shape index (κ2) is 7.48. The van der Waals surface area contributed by atoms with Crippen LogP contribution in [0.15, 0.2) is 79.1 Å². The lowest BCUT2D eigenvalue weighted by Crippen LogP contribution is -2.45. The van der Waals surface area contributed by atoms with Gasteiger partial charge in [0.15, 0.2) is 0 Å². The van der Waals surface area contributed by atoms with Crippen LogP contribution in [-0.4, -0.2) is 22.8 Å². The lowest BCUT2D eigenvalue weighted by atomic mass is 9.92. The summed E-state index contributed by atoms with van der Waals surface area (Å²) >= 11 is 0. The highest BCUT2D eigenvalue weighted by Gasteiger charge is 2.21. The molecule has 3 aromatic carbocycles. The predicted molar refractivity (Wildman–Crippen MR) is 110 cm³/mol. The number of benzene rings is 3. The van der Waals surface area contributed by atoms with E-state index in [0.29, 0.717) is 12.0 Å². The highest BCUT2D eigenvalue weighted by Crippen LogP contribution is 2.29. The van der Waals surface area contributed by atoms with Gasteiger partial charge in [0.2, 0.25) is 5.91 Å². The number of hydrogen-bond donors (Lipinski definition) is 2. The Hall–Kier alpha value is -3.73. The Morgan fingerprint density at radius 3 is 2.04 bits per heavy atom. The Morgan fingerprint density at radius 2 is 1.46 bits per heavy atom. The Balaban J connectivity index is 1.75. The molecule has 1 atom stereocenters. The van der Waals surface area contributed by atoms with Crippen molar-refractivity contribution in [3.05, 3.63) is 90.3 Å². The lowest BCUT2D eigenvalue weighted by molar-refractivity contribution is -0.119. The number of pyridine rings is 1. The zero-order valence-electron chi connectivity index (χ0n) is 15.1. The van der Waals surface area contributed by atoms with Gasteiger partial charge in [-0.05, 0) is 45.3 Å². The summed E-state index contributed by atoms with van der Waals surface area (Å²) in [6.07, 6.45) is 3.38. The van der Waals surface area contributed by atoms with Gasteiger partial charge in [-0.3, -0.25) is 14.6 Å². The van der Waals surface area contributed by atoms with Crippen molar-refractivity contribution in [3.63, 3.8) is 0 Å². The summed E-state index contributed by atoms with van der Waals surface area (Å²) in [5, 5.41) is 7.03. The van der Waals surface area contributed by atoms with Crippen LogP contribution in [0, 0.1) is 0 Å². The first-order valence-electron chi connectivity index (χ1n) is 9.03. The van der Waals surface area contributed by atoms with E-state index in [-0.39, 0.29) is 5.91 Å². The Morgan fingerprint density at radius 1 is 0.893 bits per heavy atom. The monoisotopic (exact) mass is 369 g/mol. The van der Waals surface area contributed by atoms with Gasteiger partial charge < -0.3 is 11.1 Å². The molecule has 4 aromatic rings. The number of carbonyl (C=O) groups excluding carboxylic acids is 2. The van der Waals surface area contributed by atoms with Gasteiger partial charge in [-0.25, -0.2) is 0 Å². The molecule has 0 unspecified atom stereocenters. The maximum Gasteiger partial charge on any atom is 0.252 e. The molecule has 0 bridgehead atoms. The molecule has 0 saturated heterocycles. The quantitative estimate of drug-likeness (QED) is 0.530. The van der Waals surface area contributed by atoms with E-state index in [1.165, 1.54) is 12.4 Å². The van der Waals surface area contributed by atoms with E-state index >= 15 is 0 Å². The van der Waals surface area contributed by atoms with Crippen LogP contribution in [-0.2, 0) is 11.2 Å². The Labute approximate surface area is 162 Å². The molecule has 138 valence electrons. The van der Waals surface area contributed by atoms with Gasteiger partial charge in [0.25, 0.3) is 5.91 Å². The number of amides is 2. The molecule has 2 amide bonds. The molecule has 0 radical (unpaired) electrons. The molecule has 28 heavy (non-hydrogen) atoms. The summed E-state index contributed by atoms with van der Waals surface area (Å²) in [5.41, 5.74) is 7.06. The van der Waals surface area contributed by atoms with Crippen LogP contribution in [0.2, 0.25) is 0 Å². The number of hydrogen-bond acceptors (Lipinski definition) is 3. The number of nitrogens with one attached hydrogen (secondary N) is 1. The van der Waals surface area contributed by atoms with Gasteiger partial charge in [-0.1, -0.05) is 48.5 Å². The van der Waals surface area contributed by atoms with E-state index in [4.69, 9.17) is 5.73 Å². The molecule has 1 aromatic heterocycles. The van der Waals surface area contributed by atoms with Crippen molar-refractivity contribution in [2.24, 2.45) is 5.73 Å². The van der Waals surface area contributed by atoms with Crippen LogP contribution >= 0.6 is 0 Å². The molecular weight excluding hydrogens is 350 g/mol. The molecule has 1 heterocycles. The second-order valence-corrected chi connectivity index (χ2v) is 6.67. The van der Waals surface area contributed by atoms with Gasteiger partial charge in [-0.15, -0.1) is 0 Å². The highest BCUT2D eigenvalue weighted by atomic mass is 16.2. The molecule has 0 fully saturated rings. The number of fused-ring (bicyclic) bond motifs is 2. The molecule has 0 aliphatic carbocycles. The van der Waals surface area contributed by atoms with Crippen LogP contribution in [0.4, 0.5) is 0 Å². The van der Waals surface area contributed by atoms with Crippen LogP contribution in [0.3, 0.4) is 0 Å². The summed E-state index contributed by atoms with van der Waals surface area (Å²) in [4.78, 5) is 28.6. The number of rotatable bonds is 5. The fourth-order valence-electron chi connectivity index (χ4n) is 3.50. The maximum absolute atomic E-state index is 12.5. The summed E-state index contributed by atoms with van der Waals surface area (Å²) < 4.78 is 0. The number of nitrogens with zero attached hydrogens (tertiary/aromatic N) is 1. The summed E-state index contributed by atoms with van der Waals surface area (Å²) in [6, 6.07) is 20.5. The number of carbonyl (C=O) groups is 2. The fraction of sp³-hybridized carbons (Fsp3) is 0.0870. The smallest absolute Gasteiger partial charge is 0.252 e. The van der Waals surface area contributed by atoms with E-state index in [1.807, 2.05) is 48.5 Å². The standard InChI is InChI=1S/C23H19N3O2/c24-22(27)21(26-23(28)15-9-11-25-12-10-15)14-20-18-7-3-1-5-16(18)13-17-6-2-4-8-19(17)20/h1-13,21H,14H2,(H2,24,27)(H,26,28)/t21-/m1/s1. The minimum absolute atomic E-state index is 0.314. The topological polar surface area (TPSA) is 85.1 Å². The van der Waals surface area contributed by atoms with E-state index in [2.05, 4.69) is 16.4 Å². The van der Waals surface area contributed by atoms with Crippen LogP contribution in [0.25, 0.3) is 21.5 Å². The fourth-order valence-corrected chi connectivity index (χ4v) is 3.50. The molecule has 0 spiro atoms. The van der Waals surface area contributed by atoms with E-state index in [9.17, 15) is 9.59 Å². The zero-order valence-corrected chi connectivity index (χ0v) is 15.1. The molecular formula is C23H19N3O2. The minimum atomic E-state index is -0.824. The van der Waals surface area contributed by atoms with E-state index in [0.717, 1.165) is 27.1 Å². The lowest BCUT2D eigenvalue weighted by Gasteiger charge is -2.18. The maximum atomic E-state index is 12.5. The van der Waals surface area contributed by atoms with Crippen molar-refractivity contribution in [1.82, 2.24) is 10.3 Å². The van der Waals surface area contributed by atoms with Crippen LogP contribution in [0.1, 0.15) is 15.9 Å². The molecule has 3 N–H and O–H groups in total. The van der Waals surface area contributed by atoms with E-state index in [1.54, 1.807) is 12.1 Å². The third kappa shape index (κ3) is 3.42. The van der Waals surface area contributed by atoms with Crippen LogP contribution < -0.4 is 11.1 Å². The summed E-state index contributed by atoms with van der Waals surface area (Å²) in [5.74, 6) is -0.921. The van der Waals surface area contributed by atoms with Crippen molar-refractivity contribution in [2.45, 2.75) is 12.5 Å². The highest BCUT2D eigenvalue weighted by molar-refractivity contribution is 6.03. The average Bonchev–Trinajstić information content (AvgIpc) is 2.73. The summed E-state index contributed by atoms with van der Waals surface area (Å²) in [7, 11) is 0. The Kier molecular flexibility index (Phi) is 4.72. The van der Waals surface area contributed by atoms with Crippen molar-refractivity contribution >= 4 is 33.4 Å². The molecule has 0 aliphatic rings. The molecule has 5 heteroatoms. The largest absolute Gasteiger partial charge is 0.368 e. The van der Waals surface area contributed by atoms with Gasteiger partial charge in [0, 0.05) is 24.4 Å². The van der Waals surface area contributed by atoms with Crippen molar-refractivity contribution in [3.8, 4) is 0 Å². The van der Waals surface area contributed by atoms with Crippen molar-refractivity contribution < 1.29 is 9.59 Å². The van der Waals surface area contributed by atoms with Gasteiger partial charge >= 0.3 is 0 Å². The van der Waals surface area contributed by atoms with Gasteiger partial charge in [0.1, 0.15) is 6.04 Å². The molecule has 0 saturated carbocycles. The van der Waals surface area contributed by atoms with Crippen LogP contribution in [0.5, 0.6) is 0 Å². The third-order valence-corrected chi connectivity index (χ3v) is 4.88. The molecule has 4 rings (SSSR count). The number of nitrogens with two attached hydrogens (primary N) is 1. The van der Waals surface area contributed by atoms with Gasteiger partial charge in [0.05, 0.1) is 0 Å². The minimum Gasteiger partial charge on any atom is -0.368 e. The van der Waals surface area contributed by atoms with E-state index < -0.39 is 11.9 Å². The number of aromatic nitrogens is 1. The van der Waals surface area contributed by atoms with Crippen molar-refractivity contribution in [2.75, 3.05) is 0 Å².